The molecule has 0 aliphatic rings. The first kappa shape index (κ1) is 5.16. The number of nitrogens with zero attached hydrogens (tertiary/aromatic N) is 2. The van der Waals surface area contributed by atoms with Crippen LogP contribution in [0.2, 0.25) is 0 Å². The summed E-state index contributed by atoms with van der Waals surface area (Å²) < 4.78 is 1.46. The molecule has 0 atom stereocenters. The van der Waals surface area contributed by atoms with Crippen molar-refractivity contribution < 1.29 is 0 Å². The van der Waals surface area contributed by atoms with E-state index in [1.54, 1.807) is 0 Å². The molecule has 2 bridgehead atoms. The van der Waals surface area contributed by atoms with E-state index in [4.69, 9.17) is 0 Å². The lowest BCUT2D eigenvalue weighted by Crippen LogP contribution is -2.53. The largest absolute Gasteiger partial charge is 0.347 e. The highest BCUT2D eigenvalue weighted by Crippen LogP contribution is 1.68. The van der Waals surface area contributed by atoms with Crippen LogP contribution in [0.5, 0.6) is 0 Å². The molecule has 3 aromatic rings. The summed E-state index contributed by atoms with van der Waals surface area (Å²) in [4.78, 5) is 31.9. The molecule has 50 valence electrons. The molecule has 3 aromatic heterocycles. The molecule has 0 radical (unpaired) electrons. The summed E-state index contributed by atoms with van der Waals surface area (Å²) in [6, 6.07) is 1.17. The Morgan fingerprint density at radius 1 is 1.10 bits per heavy atom. The van der Waals surface area contributed by atoms with Crippen molar-refractivity contribution in [1.82, 2.24) is 8.80 Å². The highest BCUT2D eigenvalue weighted by molar-refractivity contribution is 4.93. The van der Waals surface area contributed by atoms with E-state index in [-0.39, 0.29) is 0 Å². The molecule has 0 aliphatic carbocycles. The Morgan fingerprint density at radius 2 is 1.70 bits per heavy atom. The minimum Gasteiger partial charge on any atom is -0.269 e. The topological polar surface area (TPSA) is 60.0 Å². The molecule has 10 heavy (non-hydrogen) atoms. The zero-order valence-corrected chi connectivity index (χ0v) is 4.77. The second-order valence-electron chi connectivity index (χ2n) is 1.92. The first-order chi connectivity index (χ1) is 4.72. The Bertz CT molecular complexity index is 461. The van der Waals surface area contributed by atoms with Gasteiger partial charge in [-0.25, -0.2) is 14.0 Å². The third kappa shape index (κ3) is 0.333. The minimum atomic E-state index is -0.558. The van der Waals surface area contributed by atoms with Gasteiger partial charge in [-0.3, -0.25) is 4.79 Å². The fourth-order valence-electron chi connectivity index (χ4n) is 0.863. The van der Waals surface area contributed by atoms with Crippen LogP contribution in [0.3, 0.4) is 0 Å². The van der Waals surface area contributed by atoms with Crippen LogP contribution >= 0.6 is 0 Å². The van der Waals surface area contributed by atoms with Gasteiger partial charge in [-0.05, 0) is 0 Å². The van der Waals surface area contributed by atoms with Gasteiger partial charge in [0, 0.05) is 12.3 Å². The molecule has 0 aromatic carbocycles. The van der Waals surface area contributed by atoms with Gasteiger partial charge in [0.1, 0.15) is 0 Å². The average molecular weight is 138 g/mol. The fourth-order valence-corrected chi connectivity index (χ4v) is 0.863. The van der Waals surface area contributed by atoms with E-state index < -0.39 is 16.9 Å². The van der Waals surface area contributed by atoms with Crippen LogP contribution in [-0.2, 0) is 0 Å². The molecule has 0 spiro atoms. The third-order valence-electron chi connectivity index (χ3n) is 1.38. The van der Waals surface area contributed by atoms with Gasteiger partial charge in [0.05, 0.1) is 0 Å². The fraction of sp³-hybridized carbons (Fsp3) is 0. The second-order valence-corrected chi connectivity index (χ2v) is 1.92. The molecule has 0 fully saturated rings. The molecule has 5 nitrogen and oxygen atoms in total. The van der Waals surface area contributed by atoms with Crippen LogP contribution in [0.15, 0.2) is 26.6 Å². The lowest BCUT2D eigenvalue weighted by Gasteiger charge is -1.99. The summed E-state index contributed by atoms with van der Waals surface area (Å²) in [6.07, 6.45) is 1.17. The molecule has 5 heteroatoms. The van der Waals surface area contributed by atoms with E-state index in [0.29, 0.717) is 4.40 Å². The first-order valence-corrected chi connectivity index (χ1v) is 2.61. The molecule has 0 saturated carbocycles. The monoisotopic (exact) mass is 138 g/mol. The Labute approximate surface area is 53.5 Å². The quantitative estimate of drug-likeness (QED) is 0.422. The summed E-state index contributed by atoms with van der Waals surface area (Å²) in [5, 5.41) is 0. The lowest BCUT2D eigenvalue weighted by molar-refractivity contribution is 0.678. The van der Waals surface area contributed by atoms with Crippen LogP contribution in [0, 0.1) is 0 Å². The first-order valence-electron chi connectivity index (χ1n) is 2.61. The van der Waals surface area contributed by atoms with Crippen molar-refractivity contribution in [2.45, 2.75) is 0 Å². The predicted octanol–water partition coefficient (Wildman–Crippen LogP) is -2.00. The molecular formula is C5H2N2O3. The Balaban J connectivity index is 3.34. The SMILES string of the molecule is O=c1ccn2c(=O)n1c2=O. The summed E-state index contributed by atoms with van der Waals surface area (Å²) in [5.74, 6) is 0. The lowest BCUT2D eigenvalue weighted by atomic mass is 10.6. The van der Waals surface area contributed by atoms with Gasteiger partial charge in [0.2, 0.25) is 0 Å². The Hall–Kier alpha value is -1.65. The maximum Gasteiger partial charge on any atom is 0.347 e. The summed E-state index contributed by atoms with van der Waals surface area (Å²) >= 11 is 0. The van der Waals surface area contributed by atoms with E-state index in [0.717, 1.165) is 4.40 Å². The van der Waals surface area contributed by atoms with Crippen LogP contribution in [0.4, 0.5) is 0 Å². The second kappa shape index (κ2) is 1.26. The van der Waals surface area contributed by atoms with Crippen molar-refractivity contribution in [3.05, 3.63) is 43.6 Å². The van der Waals surface area contributed by atoms with E-state index in [2.05, 4.69) is 0 Å². The highest BCUT2D eigenvalue weighted by atomic mass is 16.2. The zero-order valence-electron chi connectivity index (χ0n) is 4.77. The van der Waals surface area contributed by atoms with Crippen molar-refractivity contribution >= 4 is 0 Å². The van der Waals surface area contributed by atoms with E-state index in [1.807, 2.05) is 0 Å². The molecule has 0 aliphatic heterocycles. The third-order valence-corrected chi connectivity index (χ3v) is 1.38. The molecule has 3 rings (SSSR count). The molecular weight excluding hydrogens is 136 g/mol. The molecule has 0 N–H and O–H groups in total. The van der Waals surface area contributed by atoms with Crippen molar-refractivity contribution in [3.63, 3.8) is 0 Å². The van der Waals surface area contributed by atoms with Crippen LogP contribution in [0.1, 0.15) is 0 Å². The maximum atomic E-state index is 10.6. The summed E-state index contributed by atoms with van der Waals surface area (Å²) in [5.41, 5.74) is -1.67. The molecule has 3 heterocycles. The standard InChI is InChI=1S/C5H2N2O3/c8-3-1-2-6-4(9)7(3)5(6)10/h1-2H. The number of hydrogen-bond donors (Lipinski definition) is 0. The highest BCUT2D eigenvalue weighted by Gasteiger charge is 2.11. The Kier molecular flexibility index (Phi) is 0.649. The van der Waals surface area contributed by atoms with Gasteiger partial charge in [-0.2, -0.15) is 4.40 Å². The number of fused-ring (bicyclic) bond motifs is 2. The van der Waals surface area contributed by atoms with Crippen molar-refractivity contribution in [1.29, 1.82) is 0 Å². The number of rotatable bonds is 0. The number of hydrogen-bond acceptors (Lipinski definition) is 3. The Morgan fingerprint density at radius 3 is 2.00 bits per heavy atom. The van der Waals surface area contributed by atoms with E-state index in [9.17, 15) is 14.4 Å². The van der Waals surface area contributed by atoms with Gasteiger partial charge in [0.15, 0.2) is 0 Å². The maximum absolute atomic E-state index is 10.6. The van der Waals surface area contributed by atoms with Crippen molar-refractivity contribution in [2.75, 3.05) is 0 Å². The minimum absolute atomic E-state index is 0.558. The van der Waals surface area contributed by atoms with Gasteiger partial charge in [0.25, 0.3) is 5.56 Å². The van der Waals surface area contributed by atoms with Gasteiger partial charge in [-0.1, -0.05) is 0 Å². The summed E-state index contributed by atoms with van der Waals surface area (Å²) in [7, 11) is 0. The van der Waals surface area contributed by atoms with Crippen LogP contribution < -0.4 is 16.9 Å². The predicted molar refractivity (Wildman–Crippen MR) is 32.0 cm³/mol. The van der Waals surface area contributed by atoms with Gasteiger partial charge < -0.3 is 0 Å². The van der Waals surface area contributed by atoms with Gasteiger partial charge >= 0.3 is 11.4 Å². The molecule has 0 unspecified atom stereocenters. The molecule has 0 saturated heterocycles. The van der Waals surface area contributed by atoms with Crippen LogP contribution in [0.25, 0.3) is 0 Å². The summed E-state index contributed by atoms with van der Waals surface area (Å²) in [6.45, 7) is 0. The number of aromatic nitrogens is 2. The normalized spacial score (nSPS) is 11.2. The smallest absolute Gasteiger partial charge is 0.269 e. The van der Waals surface area contributed by atoms with E-state index >= 15 is 0 Å². The average Bonchev–Trinajstić information content (AvgIpc) is 1.88. The van der Waals surface area contributed by atoms with Crippen LogP contribution in [-0.4, -0.2) is 8.80 Å². The molecule has 0 amide bonds. The van der Waals surface area contributed by atoms with Gasteiger partial charge in [-0.15, -0.1) is 0 Å². The van der Waals surface area contributed by atoms with E-state index in [1.165, 1.54) is 12.3 Å². The zero-order chi connectivity index (χ0) is 7.30. The van der Waals surface area contributed by atoms with Crippen molar-refractivity contribution in [2.24, 2.45) is 0 Å². The van der Waals surface area contributed by atoms with Crippen molar-refractivity contribution in [3.8, 4) is 0 Å².